The Balaban J connectivity index is 2.79. The largest absolute Gasteiger partial charge is 0.508 e. The van der Waals surface area contributed by atoms with Crippen LogP contribution < -0.4 is 0 Å². The van der Waals surface area contributed by atoms with E-state index >= 15 is 0 Å². The first-order valence-electron chi connectivity index (χ1n) is 7.07. The monoisotopic (exact) mass is 270 g/mol. The molecule has 0 aromatic heterocycles. The van der Waals surface area contributed by atoms with Gasteiger partial charge in [0.25, 0.3) is 0 Å². The molecule has 0 saturated heterocycles. The SMILES string of the molecule is CC(C)c1cc(O)c(C(C)C)c(O)c1-c1ccccc1. The Morgan fingerprint density at radius 3 is 1.95 bits per heavy atom. The number of hydrogen-bond donors (Lipinski definition) is 2. The first-order valence-corrected chi connectivity index (χ1v) is 7.07. The van der Waals surface area contributed by atoms with E-state index in [-0.39, 0.29) is 23.3 Å². The molecule has 0 atom stereocenters. The van der Waals surface area contributed by atoms with Crippen LogP contribution in [0.3, 0.4) is 0 Å². The molecule has 2 aromatic carbocycles. The highest BCUT2D eigenvalue weighted by Gasteiger charge is 2.21. The molecule has 0 unspecified atom stereocenters. The van der Waals surface area contributed by atoms with Gasteiger partial charge in [0.15, 0.2) is 0 Å². The van der Waals surface area contributed by atoms with Crippen LogP contribution in [0.5, 0.6) is 11.5 Å². The number of phenolic OH excluding ortho intramolecular Hbond substituents is 2. The zero-order valence-corrected chi connectivity index (χ0v) is 12.5. The highest BCUT2D eigenvalue weighted by molar-refractivity contribution is 5.78. The third-order valence-electron chi connectivity index (χ3n) is 3.61. The van der Waals surface area contributed by atoms with Crippen LogP contribution in [0.25, 0.3) is 11.1 Å². The normalized spacial score (nSPS) is 11.3. The highest BCUT2D eigenvalue weighted by atomic mass is 16.3. The summed E-state index contributed by atoms with van der Waals surface area (Å²) in [5.74, 6) is 0.678. The van der Waals surface area contributed by atoms with E-state index in [1.165, 1.54) is 0 Å². The van der Waals surface area contributed by atoms with E-state index in [0.29, 0.717) is 5.56 Å². The Hall–Kier alpha value is -1.96. The van der Waals surface area contributed by atoms with Crippen molar-refractivity contribution < 1.29 is 10.2 Å². The van der Waals surface area contributed by atoms with Gasteiger partial charge in [-0.25, -0.2) is 0 Å². The average molecular weight is 270 g/mol. The molecule has 2 nitrogen and oxygen atoms in total. The molecule has 0 amide bonds. The number of phenols is 2. The van der Waals surface area contributed by atoms with E-state index in [2.05, 4.69) is 13.8 Å². The van der Waals surface area contributed by atoms with Crippen LogP contribution in [0, 0.1) is 0 Å². The minimum atomic E-state index is 0.0682. The molecule has 2 aromatic rings. The van der Waals surface area contributed by atoms with Crippen LogP contribution in [-0.2, 0) is 0 Å². The molecule has 0 aliphatic carbocycles. The van der Waals surface area contributed by atoms with Gasteiger partial charge in [-0.2, -0.15) is 0 Å². The minimum Gasteiger partial charge on any atom is -0.508 e. The van der Waals surface area contributed by atoms with Crippen molar-refractivity contribution in [2.75, 3.05) is 0 Å². The lowest BCUT2D eigenvalue weighted by Gasteiger charge is -2.20. The van der Waals surface area contributed by atoms with Gasteiger partial charge in [0.2, 0.25) is 0 Å². The molecule has 0 radical (unpaired) electrons. The Labute approximate surface area is 120 Å². The van der Waals surface area contributed by atoms with E-state index in [9.17, 15) is 10.2 Å². The Kier molecular flexibility index (Phi) is 4.03. The molecule has 0 fully saturated rings. The molecule has 0 aliphatic heterocycles. The van der Waals surface area contributed by atoms with Gasteiger partial charge in [0, 0.05) is 11.1 Å². The van der Waals surface area contributed by atoms with E-state index in [0.717, 1.165) is 16.7 Å². The Morgan fingerprint density at radius 1 is 0.850 bits per heavy atom. The first kappa shape index (κ1) is 14.4. The standard InChI is InChI=1S/C18H22O2/c1-11(2)14-10-15(19)16(12(3)4)18(20)17(14)13-8-6-5-7-9-13/h5-12,19-20H,1-4H3. The quantitative estimate of drug-likeness (QED) is 0.822. The number of rotatable bonds is 3. The van der Waals surface area contributed by atoms with Crippen LogP contribution >= 0.6 is 0 Å². The predicted molar refractivity (Wildman–Crippen MR) is 83.4 cm³/mol. The van der Waals surface area contributed by atoms with Crippen molar-refractivity contribution >= 4 is 0 Å². The van der Waals surface area contributed by atoms with Crippen molar-refractivity contribution in [2.45, 2.75) is 39.5 Å². The summed E-state index contributed by atoms with van der Waals surface area (Å²) in [7, 11) is 0. The van der Waals surface area contributed by atoms with Gasteiger partial charge in [-0.05, 0) is 29.0 Å². The fourth-order valence-corrected chi connectivity index (χ4v) is 2.62. The van der Waals surface area contributed by atoms with Crippen molar-refractivity contribution in [2.24, 2.45) is 0 Å². The first-order chi connectivity index (χ1) is 9.43. The third kappa shape index (κ3) is 2.51. The van der Waals surface area contributed by atoms with Crippen LogP contribution in [0.1, 0.15) is 50.7 Å². The van der Waals surface area contributed by atoms with Crippen molar-refractivity contribution in [3.63, 3.8) is 0 Å². The summed E-state index contributed by atoms with van der Waals surface area (Å²) in [6.45, 7) is 8.07. The third-order valence-corrected chi connectivity index (χ3v) is 3.61. The van der Waals surface area contributed by atoms with Crippen molar-refractivity contribution in [1.82, 2.24) is 0 Å². The van der Waals surface area contributed by atoms with Crippen molar-refractivity contribution in [3.05, 3.63) is 47.5 Å². The van der Waals surface area contributed by atoms with Gasteiger partial charge in [-0.15, -0.1) is 0 Å². The maximum absolute atomic E-state index is 10.7. The second-order valence-corrected chi connectivity index (χ2v) is 5.80. The molecule has 20 heavy (non-hydrogen) atoms. The fraction of sp³-hybridized carbons (Fsp3) is 0.333. The predicted octanol–water partition coefficient (Wildman–Crippen LogP) is 5.01. The molecule has 0 spiro atoms. The van der Waals surface area contributed by atoms with Crippen LogP contribution in [0.15, 0.2) is 36.4 Å². The van der Waals surface area contributed by atoms with Gasteiger partial charge in [-0.3, -0.25) is 0 Å². The zero-order valence-electron chi connectivity index (χ0n) is 12.5. The molecular formula is C18H22O2. The van der Waals surface area contributed by atoms with Crippen LogP contribution in [-0.4, -0.2) is 10.2 Å². The van der Waals surface area contributed by atoms with Crippen molar-refractivity contribution in [1.29, 1.82) is 0 Å². The summed E-state index contributed by atoms with van der Waals surface area (Å²) in [6, 6.07) is 11.6. The summed E-state index contributed by atoms with van der Waals surface area (Å²) in [6.07, 6.45) is 0. The maximum atomic E-state index is 10.7. The molecule has 106 valence electrons. The number of aromatic hydroxyl groups is 2. The highest BCUT2D eigenvalue weighted by Crippen LogP contribution is 2.45. The molecule has 0 heterocycles. The number of hydrogen-bond acceptors (Lipinski definition) is 2. The molecule has 2 N–H and O–H groups in total. The van der Waals surface area contributed by atoms with E-state index < -0.39 is 0 Å². The lowest BCUT2D eigenvalue weighted by atomic mass is 9.87. The maximum Gasteiger partial charge on any atom is 0.130 e. The zero-order chi connectivity index (χ0) is 14.9. The summed E-state index contributed by atoms with van der Waals surface area (Å²) in [5, 5.41) is 20.9. The smallest absolute Gasteiger partial charge is 0.130 e. The van der Waals surface area contributed by atoms with E-state index in [4.69, 9.17) is 0 Å². The number of benzene rings is 2. The fourth-order valence-electron chi connectivity index (χ4n) is 2.62. The Morgan fingerprint density at radius 2 is 1.45 bits per heavy atom. The second kappa shape index (κ2) is 5.58. The second-order valence-electron chi connectivity index (χ2n) is 5.80. The summed E-state index contributed by atoms with van der Waals surface area (Å²) < 4.78 is 0. The average Bonchev–Trinajstić information content (AvgIpc) is 2.38. The molecule has 0 bridgehead atoms. The van der Waals surface area contributed by atoms with Gasteiger partial charge < -0.3 is 10.2 Å². The van der Waals surface area contributed by atoms with Gasteiger partial charge in [0.05, 0.1) is 0 Å². The summed E-state index contributed by atoms with van der Waals surface area (Å²) in [5.41, 5.74) is 3.40. The van der Waals surface area contributed by atoms with E-state index in [1.807, 2.05) is 44.2 Å². The lowest BCUT2D eigenvalue weighted by molar-refractivity contribution is 0.433. The molecule has 2 rings (SSSR count). The van der Waals surface area contributed by atoms with E-state index in [1.54, 1.807) is 6.07 Å². The minimum absolute atomic E-state index is 0.0682. The van der Waals surface area contributed by atoms with Gasteiger partial charge >= 0.3 is 0 Å². The van der Waals surface area contributed by atoms with Crippen LogP contribution in [0.2, 0.25) is 0 Å². The van der Waals surface area contributed by atoms with Crippen LogP contribution in [0.4, 0.5) is 0 Å². The Bertz CT molecular complexity index is 599. The molecule has 0 saturated carbocycles. The molecule has 0 aliphatic rings. The van der Waals surface area contributed by atoms with Gasteiger partial charge in [-0.1, -0.05) is 58.0 Å². The lowest BCUT2D eigenvalue weighted by Crippen LogP contribution is -1.98. The molecular weight excluding hydrogens is 248 g/mol. The summed E-state index contributed by atoms with van der Waals surface area (Å²) in [4.78, 5) is 0. The summed E-state index contributed by atoms with van der Waals surface area (Å²) >= 11 is 0. The van der Waals surface area contributed by atoms with Gasteiger partial charge in [0.1, 0.15) is 11.5 Å². The topological polar surface area (TPSA) is 40.5 Å². The molecule has 2 heteroatoms. The van der Waals surface area contributed by atoms with Crippen molar-refractivity contribution in [3.8, 4) is 22.6 Å².